The van der Waals surface area contributed by atoms with Crippen LogP contribution in [0.1, 0.15) is 25.3 Å². The zero-order valence-corrected chi connectivity index (χ0v) is 15.1. The van der Waals surface area contributed by atoms with Gasteiger partial charge in [-0.25, -0.2) is 4.68 Å². The molecule has 2 amide bonds. The molecule has 1 aliphatic rings. The lowest BCUT2D eigenvalue weighted by molar-refractivity contribution is -0.140. The number of hydrogen-bond donors (Lipinski definition) is 1. The third-order valence-corrected chi connectivity index (χ3v) is 4.72. The Morgan fingerprint density at radius 3 is 2.50 bits per heavy atom. The van der Waals surface area contributed by atoms with Crippen LogP contribution in [0.4, 0.5) is 0 Å². The number of aryl methyl sites for hydroxylation is 1. The SMILES string of the molecule is Cc1cn(-c2ccccc2)nc1O[C@H](C)C(=O)N1CCC(C(N)=O)CC1. The Labute approximate surface area is 152 Å². The second-order valence-electron chi connectivity index (χ2n) is 6.66. The van der Waals surface area contributed by atoms with Crippen molar-refractivity contribution in [2.45, 2.75) is 32.8 Å². The molecule has 0 saturated carbocycles. The molecule has 2 heterocycles. The number of carbonyl (C=O) groups is 2. The van der Waals surface area contributed by atoms with Crippen LogP contribution in [-0.2, 0) is 9.59 Å². The van der Waals surface area contributed by atoms with Crippen molar-refractivity contribution in [1.82, 2.24) is 14.7 Å². The summed E-state index contributed by atoms with van der Waals surface area (Å²) in [6.45, 7) is 4.68. The monoisotopic (exact) mass is 356 g/mol. The quantitative estimate of drug-likeness (QED) is 0.882. The highest BCUT2D eigenvalue weighted by Crippen LogP contribution is 2.21. The number of hydrogen-bond acceptors (Lipinski definition) is 4. The van der Waals surface area contributed by atoms with Crippen molar-refractivity contribution in [2.24, 2.45) is 11.7 Å². The average molecular weight is 356 g/mol. The number of ether oxygens (including phenoxy) is 1. The molecule has 1 fully saturated rings. The van der Waals surface area contributed by atoms with Crippen molar-refractivity contribution in [2.75, 3.05) is 13.1 Å². The number of rotatable bonds is 5. The smallest absolute Gasteiger partial charge is 0.263 e. The van der Waals surface area contributed by atoms with E-state index in [1.807, 2.05) is 43.5 Å². The molecular weight excluding hydrogens is 332 g/mol. The zero-order valence-electron chi connectivity index (χ0n) is 15.1. The highest BCUT2D eigenvalue weighted by molar-refractivity contribution is 5.82. The number of nitrogens with zero attached hydrogens (tertiary/aromatic N) is 3. The van der Waals surface area contributed by atoms with Gasteiger partial charge in [0.15, 0.2) is 6.10 Å². The maximum Gasteiger partial charge on any atom is 0.263 e. The lowest BCUT2D eigenvalue weighted by Crippen LogP contribution is -2.46. The lowest BCUT2D eigenvalue weighted by Gasteiger charge is -2.32. The average Bonchev–Trinajstić information content (AvgIpc) is 3.02. The molecule has 2 aromatic rings. The molecule has 7 nitrogen and oxygen atoms in total. The summed E-state index contributed by atoms with van der Waals surface area (Å²) in [5.74, 6) is -0.0779. The fourth-order valence-corrected chi connectivity index (χ4v) is 3.13. The number of amides is 2. The molecule has 0 bridgehead atoms. The Hall–Kier alpha value is -2.83. The van der Waals surface area contributed by atoms with Gasteiger partial charge in [-0.3, -0.25) is 9.59 Å². The van der Waals surface area contributed by atoms with Gasteiger partial charge in [-0.05, 0) is 38.8 Å². The van der Waals surface area contributed by atoms with Crippen molar-refractivity contribution < 1.29 is 14.3 Å². The summed E-state index contributed by atoms with van der Waals surface area (Å²) in [7, 11) is 0. The van der Waals surface area contributed by atoms with Crippen LogP contribution < -0.4 is 10.5 Å². The van der Waals surface area contributed by atoms with E-state index in [1.54, 1.807) is 16.5 Å². The van der Waals surface area contributed by atoms with Crippen LogP contribution in [-0.4, -0.2) is 45.7 Å². The molecule has 0 radical (unpaired) electrons. The zero-order chi connectivity index (χ0) is 18.7. The molecule has 0 unspecified atom stereocenters. The van der Waals surface area contributed by atoms with Crippen LogP contribution in [0.3, 0.4) is 0 Å². The predicted molar refractivity (Wildman–Crippen MR) is 96.9 cm³/mol. The van der Waals surface area contributed by atoms with Crippen molar-refractivity contribution in [1.29, 1.82) is 0 Å². The fraction of sp³-hybridized carbons (Fsp3) is 0.421. The van der Waals surface area contributed by atoms with Gasteiger partial charge in [0.1, 0.15) is 0 Å². The van der Waals surface area contributed by atoms with Gasteiger partial charge in [-0.1, -0.05) is 18.2 Å². The Morgan fingerprint density at radius 1 is 1.23 bits per heavy atom. The number of piperidine rings is 1. The highest BCUT2D eigenvalue weighted by Gasteiger charge is 2.29. The fourth-order valence-electron chi connectivity index (χ4n) is 3.13. The maximum absolute atomic E-state index is 12.6. The van der Waals surface area contributed by atoms with Gasteiger partial charge in [0, 0.05) is 30.8 Å². The van der Waals surface area contributed by atoms with Gasteiger partial charge in [0.25, 0.3) is 5.91 Å². The van der Waals surface area contributed by atoms with Crippen LogP contribution in [0.15, 0.2) is 36.5 Å². The van der Waals surface area contributed by atoms with Gasteiger partial charge in [-0.2, -0.15) is 0 Å². The van der Waals surface area contributed by atoms with Gasteiger partial charge in [0.2, 0.25) is 11.8 Å². The molecule has 1 saturated heterocycles. The molecule has 2 N–H and O–H groups in total. The molecule has 138 valence electrons. The number of likely N-dealkylation sites (tertiary alicyclic amines) is 1. The standard InChI is InChI=1S/C19H24N4O3/c1-13-12-23(16-6-4-3-5-7-16)21-18(13)26-14(2)19(25)22-10-8-15(9-11-22)17(20)24/h3-7,12,14-15H,8-11H2,1-2H3,(H2,20,24)/t14-/m1/s1. The largest absolute Gasteiger partial charge is 0.463 e. The van der Waals surface area contributed by atoms with E-state index in [-0.39, 0.29) is 17.7 Å². The topological polar surface area (TPSA) is 90.5 Å². The number of primary amides is 1. The van der Waals surface area contributed by atoms with E-state index in [1.165, 1.54) is 0 Å². The summed E-state index contributed by atoms with van der Waals surface area (Å²) < 4.78 is 7.56. The molecule has 7 heteroatoms. The van der Waals surface area contributed by atoms with E-state index in [2.05, 4.69) is 5.10 Å². The first-order valence-electron chi connectivity index (χ1n) is 8.82. The number of carbonyl (C=O) groups excluding carboxylic acids is 2. The summed E-state index contributed by atoms with van der Waals surface area (Å²) in [4.78, 5) is 25.6. The Morgan fingerprint density at radius 2 is 1.88 bits per heavy atom. The maximum atomic E-state index is 12.6. The van der Waals surface area contributed by atoms with Gasteiger partial charge in [0.05, 0.1) is 5.69 Å². The van der Waals surface area contributed by atoms with E-state index in [9.17, 15) is 9.59 Å². The molecule has 1 aliphatic heterocycles. The molecule has 0 spiro atoms. The summed E-state index contributed by atoms with van der Waals surface area (Å²) in [6.07, 6.45) is 2.45. The highest BCUT2D eigenvalue weighted by atomic mass is 16.5. The summed E-state index contributed by atoms with van der Waals surface area (Å²) in [5.41, 5.74) is 7.13. The number of para-hydroxylation sites is 1. The van der Waals surface area contributed by atoms with E-state index in [0.29, 0.717) is 31.8 Å². The normalized spacial score (nSPS) is 16.3. The number of nitrogens with two attached hydrogens (primary N) is 1. The van der Waals surface area contributed by atoms with Crippen LogP contribution in [0.2, 0.25) is 0 Å². The molecule has 0 aliphatic carbocycles. The third kappa shape index (κ3) is 3.87. The molecule has 1 atom stereocenters. The van der Waals surface area contributed by atoms with E-state index >= 15 is 0 Å². The first-order valence-corrected chi connectivity index (χ1v) is 8.82. The van der Waals surface area contributed by atoms with E-state index in [0.717, 1.165) is 11.3 Å². The van der Waals surface area contributed by atoms with E-state index < -0.39 is 6.10 Å². The summed E-state index contributed by atoms with van der Waals surface area (Å²) in [6, 6.07) is 9.73. The minimum atomic E-state index is -0.641. The second kappa shape index (κ2) is 7.59. The molecule has 1 aromatic carbocycles. The second-order valence-corrected chi connectivity index (χ2v) is 6.66. The Kier molecular flexibility index (Phi) is 5.25. The summed E-state index contributed by atoms with van der Waals surface area (Å²) in [5, 5.41) is 4.45. The van der Waals surface area contributed by atoms with Crippen molar-refractivity contribution in [3.05, 3.63) is 42.1 Å². The molecular formula is C19H24N4O3. The minimum absolute atomic E-state index is 0.0958. The molecule has 3 rings (SSSR count). The van der Waals surface area contributed by atoms with Gasteiger partial charge >= 0.3 is 0 Å². The van der Waals surface area contributed by atoms with Crippen molar-refractivity contribution >= 4 is 11.8 Å². The van der Waals surface area contributed by atoms with Crippen molar-refractivity contribution in [3.8, 4) is 11.6 Å². The first-order chi connectivity index (χ1) is 12.5. The minimum Gasteiger partial charge on any atom is -0.463 e. The number of aromatic nitrogens is 2. The molecule has 1 aromatic heterocycles. The van der Waals surface area contributed by atoms with Crippen molar-refractivity contribution in [3.63, 3.8) is 0 Å². The predicted octanol–water partition coefficient (Wildman–Crippen LogP) is 1.67. The van der Waals surface area contributed by atoms with E-state index in [4.69, 9.17) is 10.5 Å². The first kappa shape index (κ1) is 18.0. The number of benzene rings is 1. The van der Waals surface area contributed by atoms with Gasteiger partial charge in [-0.15, -0.1) is 5.10 Å². The van der Waals surface area contributed by atoms with Crippen LogP contribution in [0.5, 0.6) is 5.88 Å². The van der Waals surface area contributed by atoms with Crippen LogP contribution in [0.25, 0.3) is 5.69 Å². The molecule has 26 heavy (non-hydrogen) atoms. The van der Waals surface area contributed by atoms with Crippen LogP contribution in [0, 0.1) is 12.8 Å². The van der Waals surface area contributed by atoms with Crippen LogP contribution >= 0.6 is 0 Å². The lowest BCUT2D eigenvalue weighted by atomic mass is 9.96. The Bertz CT molecular complexity index is 779. The third-order valence-electron chi connectivity index (χ3n) is 4.72. The Balaban J connectivity index is 1.63. The van der Waals surface area contributed by atoms with Gasteiger partial charge < -0.3 is 15.4 Å². The summed E-state index contributed by atoms with van der Waals surface area (Å²) >= 11 is 0.